The molecule has 1 aromatic carbocycles. The summed E-state index contributed by atoms with van der Waals surface area (Å²) in [5, 5.41) is 0.813. The summed E-state index contributed by atoms with van der Waals surface area (Å²) in [6, 6.07) is 7.93. The van der Waals surface area contributed by atoms with Crippen molar-refractivity contribution in [3.63, 3.8) is 0 Å². The number of rotatable bonds is 5. The Balaban J connectivity index is 1.86. The van der Waals surface area contributed by atoms with Gasteiger partial charge in [0.1, 0.15) is 0 Å². The number of hydrogen-bond acceptors (Lipinski definition) is 5. The largest absolute Gasteiger partial charge is 0.494 e. The number of fused-ring (bicyclic) bond motifs is 1. The number of benzene rings is 1. The zero-order valence-corrected chi connectivity index (χ0v) is 15.2. The van der Waals surface area contributed by atoms with E-state index in [1.54, 1.807) is 25.3 Å². The number of likely N-dealkylation sites (tertiary alicyclic amines) is 1. The van der Waals surface area contributed by atoms with E-state index in [0.29, 0.717) is 17.9 Å². The Labute approximate surface area is 148 Å². The van der Waals surface area contributed by atoms with Crippen LogP contribution in [0, 0.1) is 0 Å². The molecule has 2 atom stereocenters. The summed E-state index contributed by atoms with van der Waals surface area (Å²) in [6.45, 7) is 1.54. The van der Waals surface area contributed by atoms with Crippen LogP contribution in [0.3, 0.4) is 0 Å². The summed E-state index contributed by atoms with van der Waals surface area (Å²) >= 11 is 0. The molecule has 1 aliphatic rings. The lowest BCUT2D eigenvalue weighted by Crippen LogP contribution is -2.39. The van der Waals surface area contributed by atoms with Crippen LogP contribution in [-0.4, -0.2) is 74.2 Å². The summed E-state index contributed by atoms with van der Waals surface area (Å²) in [7, 11) is 7.22. The van der Waals surface area contributed by atoms with Crippen LogP contribution in [0.2, 0.25) is 0 Å². The predicted octanol–water partition coefficient (Wildman–Crippen LogP) is 2.03. The highest BCUT2D eigenvalue weighted by Crippen LogP contribution is 2.28. The number of carbonyl (C=O) groups is 1. The number of aromatic nitrogens is 1. The third kappa shape index (κ3) is 3.45. The third-order valence-electron chi connectivity index (χ3n) is 4.99. The van der Waals surface area contributed by atoms with Gasteiger partial charge in [-0.1, -0.05) is 18.2 Å². The zero-order chi connectivity index (χ0) is 18.0. The first-order valence-corrected chi connectivity index (χ1v) is 8.45. The number of para-hydroxylation sites is 1. The number of ether oxygens (including phenoxy) is 2. The standard InChI is InChI=1S/C19H25N3O3/c1-21-12-14(24-3)9-13(21)11-22(2)19(23)18-15-7-5-6-8-16(15)20-10-17(18)25-4/h5-8,10,13-14H,9,11-12H2,1-4H3/t13-,14-/m0/s1. The minimum Gasteiger partial charge on any atom is -0.494 e. The zero-order valence-electron chi connectivity index (χ0n) is 15.2. The van der Waals surface area contributed by atoms with E-state index < -0.39 is 0 Å². The van der Waals surface area contributed by atoms with Gasteiger partial charge in [0.25, 0.3) is 5.91 Å². The molecule has 1 aliphatic heterocycles. The highest BCUT2D eigenvalue weighted by Gasteiger charge is 2.32. The molecule has 134 valence electrons. The van der Waals surface area contributed by atoms with Crippen LogP contribution in [0.4, 0.5) is 0 Å². The van der Waals surface area contributed by atoms with Crippen molar-refractivity contribution in [2.24, 2.45) is 0 Å². The Bertz CT molecular complexity index is 765. The first kappa shape index (κ1) is 17.6. The monoisotopic (exact) mass is 343 g/mol. The molecule has 1 aromatic heterocycles. The van der Waals surface area contributed by atoms with Crippen molar-refractivity contribution in [3.05, 3.63) is 36.0 Å². The van der Waals surface area contributed by atoms with Crippen LogP contribution in [0.1, 0.15) is 16.8 Å². The average Bonchev–Trinajstić information content (AvgIpc) is 2.99. The molecule has 0 N–H and O–H groups in total. The molecule has 0 aliphatic carbocycles. The Kier molecular flexibility index (Phi) is 5.20. The molecule has 0 radical (unpaired) electrons. The van der Waals surface area contributed by atoms with Crippen molar-refractivity contribution in [2.45, 2.75) is 18.6 Å². The van der Waals surface area contributed by atoms with Gasteiger partial charge in [-0.25, -0.2) is 0 Å². The molecule has 3 rings (SSSR count). The SMILES string of the molecule is COc1cnc2ccccc2c1C(=O)N(C)C[C@@H]1C[C@H](OC)CN1C. The van der Waals surface area contributed by atoms with E-state index in [1.807, 2.05) is 31.3 Å². The van der Waals surface area contributed by atoms with E-state index in [0.717, 1.165) is 23.9 Å². The Morgan fingerprint density at radius 1 is 1.36 bits per heavy atom. The van der Waals surface area contributed by atoms with Gasteiger partial charge >= 0.3 is 0 Å². The number of amides is 1. The molecular weight excluding hydrogens is 318 g/mol. The molecule has 1 amide bonds. The van der Waals surface area contributed by atoms with Gasteiger partial charge in [-0.15, -0.1) is 0 Å². The van der Waals surface area contributed by atoms with Gasteiger partial charge in [-0.2, -0.15) is 0 Å². The molecule has 1 fully saturated rings. The lowest BCUT2D eigenvalue weighted by Gasteiger charge is -2.26. The molecule has 0 saturated carbocycles. The van der Waals surface area contributed by atoms with Crippen molar-refractivity contribution in [2.75, 3.05) is 41.4 Å². The minimum atomic E-state index is -0.0512. The van der Waals surface area contributed by atoms with Crippen LogP contribution in [0.15, 0.2) is 30.5 Å². The maximum absolute atomic E-state index is 13.2. The maximum Gasteiger partial charge on any atom is 0.258 e. The lowest BCUT2D eigenvalue weighted by molar-refractivity contribution is 0.0759. The fourth-order valence-electron chi connectivity index (χ4n) is 3.50. The first-order valence-electron chi connectivity index (χ1n) is 8.45. The van der Waals surface area contributed by atoms with E-state index in [1.165, 1.54) is 0 Å². The minimum absolute atomic E-state index is 0.0512. The molecule has 6 heteroatoms. The predicted molar refractivity (Wildman–Crippen MR) is 97.1 cm³/mol. The number of likely N-dealkylation sites (N-methyl/N-ethyl adjacent to an activating group) is 2. The fourth-order valence-corrected chi connectivity index (χ4v) is 3.50. The van der Waals surface area contributed by atoms with E-state index in [2.05, 4.69) is 16.9 Å². The van der Waals surface area contributed by atoms with Gasteiger partial charge in [-0.3, -0.25) is 14.7 Å². The van der Waals surface area contributed by atoms with Gasteiger partial charge in [-0.05, 0) is 19.5 Å². The third-order valence-corrected chi connectivity index (χ3v) is 4.99. The van der Waals surface area contributed by atoms with E-state index in [4.69, 9.17) is 9.47 Å². The second kappa shape index (κ2) is 7.37. The molecule has 2 aromatic rings. The molecule has 1 saturated heterocycles. The second-order valence-electron chi connectivity index (χ2n) is 6.59. The highest BCUT2D eigenvalue weighted by atomic mass is 16.5. The number of pyridine rings is 1. The molecule has 0 bridgehead atoms. The van der Waals surface area contributed by atoms with Crippen LogP contribution < -0.4 is 4.74 Å². The second-order valence-corrected chi connectivity index (χ2v) is 6.59. The normalized spacial score (nSPS) is 20.8. The van der Waals surface area contributed by atoms with Gasteiger partial charge in [0.05, 0.1) is 30.5 Å². The van der Waals surface area contributed by atoms with Crippen molar-refractivity contribution in [3.8, 4) is 5.75 Å². The highest BCUT2D eigenvalue weighted by molar-refractivity contribution is 6.08. The van der Waals surface area contributed by atoms with Gasteiger partial charge in [0, 0.05) is 38.7 Å². The average molecular weight is 343 g/mol. The quantitative estimate of drug-likeness (QED) is 0.831. The van der Waals surface area contributed by atoms with Gasteiger partial charge in [0.15, 0.2) is 5.75 Å². The van der Waals surface area contributed by atoms with Crippen LogP contribution >= 0.6 is 0 Å². The smallest absolute Gasteiger partial charge is 0.258 e. The Hall–Kier alpha value is -2.18. The van der Waals surface area contributed by atoms with Crippen molar-refractivity contribution in [1.82, 2.24) is 14.8 Å². The summed E-state index contributed by atoms with van der Waals surface area (Å²) < 4.78 is 10.9. The van der Waals surface area contributed by atoms with Crippen LogP contribution in [0.25, 0.3) is 10.9 Å². The number of methoxy groups -OCH3 is 2. The summed E-state index contributed by atoms with van der Waals surface area (Å²) in [5.74, 6) is 0.454. The van der Waals surface area contributed by atoms with Crippen LogP contribution in [0.5, 0.6) is 5.75 Å². The van der Waals surface area contributed by atoms with Crippen LogP contribution in [-0.2, 0) is 4.74 Å². The number of carbonyl (C=O) groups excluding carboxylic acids is 1. The van der Waals surface area contributed by atoms with E-state index in [9.17, 15) is 4.79 Å². The van der Waals surface area contributed by atoms with Crippen molar-refractivity contribution >= 4 is 16.8 Å². The Morgan fingerprint density at radius 3 is 2.80 bits per heavy atom. The summed E-state index contributed by atoms with van der Waals surface area (Å²) in [5.41, 5.74) is 1.36. The molecule has 25 heavy (non-hydrogen) atoms. The van der Waals surface area contributed by atoms with Gasteiger partial charge < -0.3 is 14.4 Å². The molecule has 2 heterocycles. The summed E-state index contributed by atoms with van der Waals surface area (Å²) in [6.07, 6.45) is 2.78. The number of nitrogens with zero attached hydrogens (tertiary/aromatic N) is 3. The van der Waals surface area contributed by atoms with Crippen molar-refractivity contribution < 1.29 is 14.3 Å². The molecular formula is C19H25N3O3. The van der Waals surface area contributed by atoms with Crippen molar-refractivity contribution in [1.29, 1.82) is 0 Å². The molecule has 0 spiro atoms. The molecule has 6 nitrogen and oxygen atoms in total. The summed E-state index contributed by atoms with van der Waals surface area (Å²) in [4.78, 5) is 21.5. The Morgan fingerprint density at radius 2 is 2.12 bits per heavy atom. The number of hydrogen-bond donors (Lipinski definition) is 0. The molecule has 0 unspecified atom stereocenters. The fraction of sp³-hybridized carbons (Fsp3) is 0.474. The topological polar surface area (TPSA) is 54.9 Å². The van der Waals surface area contributed by atoms with E-state index in [-0.39, 0.29) is 18.1 Å². The van der Waals surface area contributed by atoms with Gasteiger partial charge in [0.2, 0.25) is 0 Å². The maximum atomic E-state index is 13.2. The lowest BCUT2D eigenvalue weighted by atomic mass is 10.1. The first-order chi connectivity index (χ1) is 12.0. The van der Waals surface area contributed by atoms with E-state index >= 15 is 0 Å².